The number of rotatable bonds is 13. The quantitative estimate of drug-likeness (QED) is 0.135. The van der Waals surface area contributed by atoms with E-state index in [4.69, 9.17) is 28.0 Å². The fraction of sp³-hybridized carbons (Fsp3) is 0.611. The summed E-state index contributed by atoms with van der Waals surface area (Å²) in [5, 5.41) is 7.42. The molecule has 0 unspecified atom stereocenters. The predicted molar refractivity (Wildman–Crippen MR) is 109 cm³/mol. The molecule has 1 heterocycles. The van der Waals surface area contributed by atoms with Gasteiger partial charge >= 0.3 is 19.9 Å². The second-order valence-corrected chi connectivity index (χ2v) is 9.02. The first-order valence-corrected chi connectivity index (χ1v) is 11.3. The van der Waals surface area contributed by atoms with Crippen LogP contribution in [0.15, 0.2) is 17.8 Å². The maximum atomic E-state index is 13.0. The minimum absolute atomic E-state index is 0.172. The fourth-order valence-electron chi connectivity index (χ4n) is 1.94. The maximum absolute atomic E-state index is 13.0. The molecule has 0 aliphatic carbocycles. The average Bonchev–Trinajstić information content (AvgIpc) is 3.13. The van der Waals surface area contributed by atoms with Crippen LogP contribution in [0.5, 0.6) is 0 Å². The lowest BCUT2D eigenvalue weighted by molar-refractivity contribution is -0.0298. The molecule has 32 heavy (non-hydrogen) atoms. The van der Waals surface area contributed by atoms with Crippen molar-refractivity contribution in [1.29, 1.82) is 0 Å². The zero-order valence-electron chi connectivity index (χ0n) is 18.6. The lowest BCUT2D eigenvalue weighted by Gasteiger charge is -2.18. The monoisotopic (exact) mass is 477 g/mol. The van der Waals surface area contributed by atoms with Gasteiger partial charge in [0.05, 0.1) is 31.1 Å². The molecule has 0 aliphatic heterocycles. The summed E-state index contributed by atoms with van der Waals surface area (Å²) in [7, 11) is -3.90. The molecular weight excluding hydrogens is 449 g/mol. The van der Waals surface area contributed by atoms with Crippen LogP contribution in [0.3, 0.4) is 0 Å². The highest BCUT2D eigenvalue weighted by Gasteiger charge is 2.26. The lowest BCUT2D eigenvalue weighted by atomic mass is 10.3. The summed E-state index contributed by atoms with van der Waals surface area (Å²) in [5.41, 5.74) is 0.867. The third-order valence-corrected chi connectivity index (χ3v) is 4.90. The first kappa shape index (κ1) is 27.3. The molecule has 180 valence electrons. The Balaban J connectivity index is 2.71. The van der Waals surface area contributed by atoms with E-state index in [0.29, 0.717) is 11.9 Å². The Morgan fingerprint density at radius 1 is 1.06 bits per heavy atom. The summed E-state index contributed by atoms with van der Waals surface area (Å²) in [6.07, 6.45) is 0.480. The summed E-state index contributed by atoms with van der Waals surface area (Å²) < 4.78 is 43.6. The molecule has 0 N–H and O–H groups in total. The van der Waals surface area contributed by atoms with E-state index in [0.717, 1.165) is 0 Å². The smallest absolute Gasteiger partial charge is 0.432 e. The van der Waals surface area contributed by atoms with Crippen molar-refractivity contribution in [3.63, 3.8) is 0 Å². The number of aromatic nitrogens is 3. The van der Waals surface area contributed by atoms with Crippen molar-refractivity contribution in [2.24, 2.45) is 0 Å². The van der Waals surface area contributed by atoms with Crippen LogP contribution in [0.4, 0.5) is 9.59 Å². The highest BCUT2D eigenvalue weighted by Crippen LogP contribution is 2.48. The van der Waals surface area contributed by atoms with Crippen molar-refractivity contribution < 1.29 is 46.9 Å². The standard InChI is InChI=1S/C18H28N3O10P/c1-13(2)30-17(23)26-11-28-32(25,29-12-27-18(24)31-14(3)4)7-6-15(5)8-21-9-16(10-22)19-20-21/h6,9-10,13-14H,7-8,11-12H2,1-5H3/b15-6+. The third-order valence-electron chi connectivity index (χ3n) is 3.27. The Morgan fingerprint density at radius 3 is 2.03 bits per heavy atom. The van der Waals surface area contributed by atoms with Gasteiger partial charge in [-0.25, -0.2) is 14.3 Å². The summed E-state index contributed by atoms with van der Waals surface area (Å²) in [6.45, 7) is 7.08. The molecular formula is C18H28N3O10P. The summed E-state index contributed by atoms with van der Waals surface area (Å²) in [6, 6.07) is 0. The number of allylic oxidation sites excluding steroid dienone is 2. The summed E-state index contributed by atoms with van der Waals surface area (Å²) in [4.78, 5) is 33.6. The van der Waals surface area contributed by atoms with Gasteiger partial charge in [0.2, 0.25) is 13.6 Å². The number of aldehydes is 1. The molecule has 1 aromatic rings. The first-order chi connectivity index (χ1) is 15.0. The molecule has 0 aliphatic rings. The fourth-order valence-corrected chi connectivity index (χ4v) is 3.18. The molecule has 14 heteroatoms. The largest absolute Gasteiger partial charge is 0.510 e. The van der Waals surface area contributed by atoms with Crippen molar-refractivity contribution >= 4 is 26.2 Å². The summed E-state index contributed by atoms with van der Waals surface area (Å²) >= 11 is 0. The average molecular weight is 477 g/mol. The molecule has 0 radical (unpaired) electrons. The van der Waals surface area contributed by atoms with Crippen LogP contribution in [0.2, 0.25) is 0 Å². The van der Waals surface area contributed by atoms with E-state index in [2.05, 4.69) is 10.3 Å². The van der Waals surface area contributed by atoms with E-state index >= 15 is 0 Å². The van der Waals surface area contributed by atoms with Gasteiger partial charge in [-0.1, -0.05) is 16.9 Å². The number of hydrogen-bond acceptors (Lipinski definition) is 12. The molecule has 0 saturated heterocycles. The number of hydrogen-bond donors (Lipinski definition) is 0. The Labute approximate surface area is 185 Å². The number of carbonyl (C=O) groups is 3. The van der Waals surface area contributed by atoms with Crippen LogP contribution in [0.25, 0.3) is 0 Å². The van der Waals surface area contributed by atoms with Crippen molar-refractivity contribution in [3.05, 3.63) is 23.5 Å². The molecule has 0 atom stereocenters. The van der Waals surface area contributed by atoms with Crippen LogP contribution in [0.1, 0.15) is 45.1 Å². The van der Waals surface area contributed by atoms with Gasteiger partial charge in [0.15, 0.2) is 6.29 Å². The summed E-state index contributed by atoms with van der Waals surface area (Å²) in [5.74, 6) is 0. The van der Waals surface area contributed by atoms with Gasteiger partial charge in [-0.3, -0.25) is 18.4 Å². The van der Waals surface area contributed by atoms with E-state index in [-0.39, 0.29) is 18.4 Å². The highest BCUT2D eigenvalue weighted by molar-refractivity contribution is 7.54. The van der Waals surface area contributed by atoms with Crippen LogP contribution in [-0.2, 0) is 39.1 Å². The minimum Gasteiger partial charge on any atom is -0.432 e. The maximum Gasteiger partial charge on any atom is 0.510 e. The number of nitrogens with zero attached hydrogens (tertiary/aromatic N) is 3. The first-order valence-electron chi connectivity index (χ1n) is 9.59. The van der Waals surface area contributed by atoms with Crippen molar-refractivity contribution in [2.45, 2.75) is 53.4 Å². The molecule has 0 aromatic carbocycles. The van der Waals surface area contributed by atoms with Crippen LogP contribution < -0.4 is 0 Å². The van der Waals surface area contributed by atoms with Gasteiger partial charge in [0.25, 0.3) is 0 Å². The van der Waals surface area contributed by atoms with E-state index in [1.165, 1.54) is 10.9 Å². The van der Waals surface area contributed by atoms with Gasteiger partial charge < -0.3 is 18.9 Å². The van der Waals surface area contributed by atoms with Crippen molar-refractivity contribution in [1.82, 2.24) is 15.0 Å². The lowest BCUT2D eigenvalue weighted by Crippen LogP contribution is -2.16. The van der Waals surface area contributed by atoms with Crippen molar-refractivity contribution in [3.8, 4) is 0 Å². The van der Waals surface area contributed by atoms with Gasteiger partial charge in [-0.05, 0) is 34.6 Å². The molecule has 0 saturated carbocycles. The SMILES string of the molecule is C/C(=C\CP(=O)(OCOC(=O)OC(C)C)OCOC(=O)OC(C)C)Cn1cc(C=O)nn1. The van der Waals surface area contributed by atoms with Crippen LogP contribution in [-0.4, -0.2) is 65.5 Å². The molecule has 0 spiro atoms. The molecule has 0 fully saturated rings. The predicted octanol–water partition coefficient (Wildman–Crippen LogP) is 3.30. The zero-order valence-corrected chi connectivity index (χ0v) is 19.5. The van der Waals surface area contributed by atoms with E-state index in [9.17, 15) is 18.9 Å². The second kappa shape index (κ2) is 13.6. The van der Waals surface area contributed by atoms with Gasteiger partial charge in [-0.2, -0.15) is 0 Å². The normalized spacial score (nSPS) is 12.0. The Morgan fingerprint density at radius 2 is 1.59 bits per heavy atom. The van der Waals surface area contributed by atoms with E-state index in [1.807, 2.05) is 0 Å². The topological polar surface area (TPSA) is 154 Å². The molecule has 1 rings (SSSR count). The van der Waals surface area contributed by atoms with E-state index < -0.39 is 45.7 Å². The number of ether oxygens (including phenoxy) is 4. The Hall–Kier alpha value is -2.76. The second-order valence-electron chi connectivity index (χ2n) is 6.92. The number of carbonyl (C=O) groups excluding carboxylic acids is 3. The van der Waals surface area contributed by atoms with Gasteiger partial charge in [0.1, 0.15) is 5.69 Å². The van der Waals surface area contributed by atoms with Crippen molar-refractivity contribution in [2.75, 3.05) is 19.7 Å². The molecule has 1 aromatic heterocycles. The highest BCUT2D eigenvalue weighted by atomic mass is 31.2. The van der Waals surface area contributed by atoms with Gasteiger partial charge in [0, 0.05) is 0 Å². The molecule has 0 amide bonds. The molecule has 0 bridgehead atoms. The third kappa shape index (κ3) is 11.6. The molecule has 13 nitrogen and oxygen atoms in total. The zero-order chi connectivity index (χ0) is 24.1. The van der Waals surface area contributed by atoms with Crippen LogP contribution >= 0.6 is 7.60 Å². The minimum atomic E-state index is -3.90. The van der Waals surface area contributed by atoms with Crippen LogP contribution in [0, 0.1) is 0 Å². The Kier molecular flexibility index (Phi) is 11.6. The van der Waals surface area contributed by atoms with E-state index in [1.54, 1.807) is 40.7 Å². The van der Waals surface area contributed by atoms with Gasteiger partial charge in [-0.15, -0.1) is 5.10 Å². The Bertz CT molecular complexity index is 805.